The molecule has 0 saturated carbocycles. The lowest BCUT2D eigenvalue weighted by molar-refractivity contribution is -0.114. The summed E-state index contributed by atoms with van der Waals surface area (Å²) in [4.78, 5) is 11.1. The third-order valence-electron chi connectivity index (χ3n) is 3.08. The molecule has 0 spiro atoms. The Labute approximate surface area is 124 Å². The summed E-state index contributed by atoms with van der Waals surface area (Å²) in [5.74, 6) is -0.0884. The highest BCUT2D eigenvalue weighted by Gasteiger charge is 2.07. The van der Waals surface area contributed by atoms with Crippen molar-refractivity contribution in [1.82, 2.24) is 0 Å². The molecule has 21 heavy (non-hydrogen) atoms. The Bertz CT molecular complexity index is 688. The first-order valence-corrected chi connectivity index (χ1v) is 6.73. The second-order valence-corrected chi connectivity index (χ2v) is 4.87. The summed E-state index contributed by atoms with van der Waals surface area (Å²) >= 11 is 0. The summed E-state index contributed by atoms with van der Waals surface area (Å²) in [6.07, 6.45) is 0. The smallest absolute Gasteiger partial charge is 0.221 e. The number of nitrogens with zero attached hydrogens (tertiary/aromatic N) is 1. The number of amides is 1. The number of benzene rings is 2. The fraction of sp³-hybridized carbons (Fsp3) is 0.176. The Balaban J connectivity index is 2.14. The minimum atomic E-state index is -0.0884. The van der Waals surface area contributed by atoms with Crippen molar-refractivity contribution >= 4 is 17.3 Å². The molecule has 106 valence electrons. The van der Waals surface area contributed by atoms with Gasteiger partial charge in [-0.2, -0.15) is 5.26 Å². The number of rotatable bonds is 4. The average molecular weight is 279 g/mol. The van der Waals surface area contributed by atoms with E-state index >= 15 is 0 Å². The first-order valence-electron chi connectivity index (χ1n) is 6.73. The number of nitrogens with one attached hydrogen (secondary N) is 2. The first-order chi connectivity index (χ1) is 10.1. The summed E-state index contributed by atoms with van der Waals surface area (Å²) in [7, 11) is 0. The quantitative estimate of drug-likeness (QED) is 0.897. The molecule has 4 nitrogen and oxygen atoms in total. The highest BCUT2D eigenvalue weighted by Crippen LogP contribution is 2.22. The van der Waals surface area contributed by atoms with Crippen molar-refractivity contribution < 1.29 is 4.79 Å². The minimum Gasteiger partial charge on any atom is -0.378 e. The molecule has 0 aromatic heterocycles. The van der Waals surface area contributed by atoms with Gasteiger partial charge < -0.3 is 10.6 Å². The Morgan fingerprint density at radius 2 is 1.86 bits per heavy atom. The van der Waals surface area contributed by atoms with Gasteiger partial charge in [0.2, 0.25) is 5.91 Å². The number of anilines is 2. The molecule has 1 amide bonds. The molecule has 0 fully saturated rings. The molecule has 0 aliphatic carbocycles. The molecule has 2 N–H and O–H groups in total. The second-order valence-electron chi connectivity index (χ2n) is 4.87. The van der Waals surface area contributed by atoms with E-state index in [1.54, 1.807) is 6.07 Å². The van der Waals surface area contributed by atoms with E-state index in [9.17, 15) is 4.79 Å². The predicted octanol–water partition coefficient (Wildman–Crippen LogP) is 3.69. The molecule has 0 aliphatic heterocycles. The highest BCUT2D eigenvalue weighted by molar-refractivity contribution is 5.88. The molecule has 0 heterocycles. The third-order valence-corrected chi connectivity index (χ3v) is 3.08. The Kier molecular flexibility index (Phi) is 4.57. The van der Waals surface area contributed by atoms with Crippen LogP contribution < -0.4 is 10.6 Å². The monoisotopic (exact) mass is 279 g/mol. The van der Waals surface area contributed by atoms with Crippen LogP contribution in [-0.2, 0) is 4.79 Å². The molecule has 2 aromatic carbocycles. The maximum Gasteiger partial charge on any atom is 0.221 e. The summed E-state index contributed by atoms with van der Waals surface area (Å²) in [6.45, 7) is 3.52. The lowest BCUT2D eigenvalue weighted by Gasteiger charge is -2.17. The average Bonchev–Trinajstić information content (AvgIpc) is 2.47. The van der Waals surface area contributed by atoms with E-state index in [0.29, 0.717) is 5.56 Å². The van der Waals surface area contributed by atoms with Gasteiger partial charge in [0.15, 0.2) is 0 Å². The topological polar surface area (TPSA) is 64.9 Å². The van der Waals surface area contributed by atoms with E-state index < -0.39 is 0 Å². The van der Waals surface area contributed by atoms with E-state index in [-0.39, 0.29) is 11.9 Å². The van der Waals surface area contributed by atoms with Gasteiger partial charge in [-0.05, 0) is 42.8 Å². The molecule has 0 radical (unpaired) electrons. The molecular weight excluding hydrogens is 262 g/mol. The van der Waals surface area contributed by atoms with Crippen LogP contribution in [0.5, 0.6) is 0 Å². The van der Waals surface area contributed by atoms with Gasteiger partial charge in [-0.25, -0.2) is 0 Å². The highest BCUT2D eigenvalue weighted by atomic mass is 16.1. The maximum atomic E-state index is 11.1. The van der Waals surface area contributed by atoms with Crippen LogP contribution in [0.25, 0.3) is 0 Å². The van der Waals surface area contributed by atoms with Crippen molar-refractivity contribution in [3.63, 3.8) is 0 Å². The summed E-state index contributed by atoms with van der Waals surface area (Å²) in [5.41, 5.74) is 3.36. The summed E-state index contributed by atoms with van der Waals surface area (Å²) < 4.78 is 0. The summed E-state index contributed by atoms with van der Waals surface area (Å²) in [5, 5.41) is 15.0. The normalized spacial score (nSPS) is 11.3. The van der Waals surface area contributed by atoms with E-state index in [2.05, 4.69) is 16.7 Å². The molecule has 1 atom stereocenters. The van der Waals surface area contributed by atoms with Gasteiger partial charge in [0.1, 0.15) is 0 Å². The van der Waals surface area contributed by atoms with Crippen LogP contribution in [0.1, 0.15) is 31.0 Å². The molecular formula is C17H17N3O. The van der Waals surface area contributed by atoms with Crippen molar-refractivity contribution in [1.29, 1.82) is 5.26 Å². The zero-order valence-electron chi connectivity index (χ0n) is 12.1. The molecule has 2 rings (SSSR count). The van der Waals surface area contributed by atoms with E-state index in [1.165, 1.54) is 6.92 Å². The van der Waals surface area contributed by atoms with Crippen molar-refractivity contribution in [2.75, 3.05) is 10.6 Å². The number of carbonyl (C=O) groups is 1. The first kappa shape index (κ1) is 14.6. The molecule has 2 aromatic rings. The third kappa shape index (κ3) is 4.08. The predicted molar refractivity (Wildman–Crippen MR) is 83.9 cm³/mol. The SMILES string of the molecule is CC(=O)Nc1cccc(C(C)Nc2cccc(C#N)c2)c1. The van der Waals surface area contributed by atoms with Gasteiger partial charge in [0.25, 0.3) is 0 Å². The molecule has 0 aliphatic rings. The van der Waals surface area contributed by atoms with Crippen LogP contribution in [0, 0.1) is 11.3 Å². The van der Waals surface area contributed by atoms with Crippen molar-refractivity contribution in [3.8, 4) is 6.07 Å². The standard InChI is InChI=1S/C17H17N3O/c1-12(19-16-7-3-5-14(9-16)11-18)15-6-4-8-17(10-15)20-13(2)21/h3-10,12,19H,1-2H3,(H,20,21). The molecule has 1 unspecified atom stereocenters. The lowest BCUT2D eigenvalue weighted by atomic mass is 10.1. The largest absolute Gasteiger partial charge is 0.378 e. The van der Waals surface area contributed by atoms with Gasteiger partial charge in [-0.3, -0.25) is 4.79 Å². The number of hydrogen-bond acceptors (Lipinski definition) is 3. The van der Waals surface area contributed by atoms with Gasteiger partial charge in [-0.1, -0.05) is 18.2 Å². The Morgan fingerprint density at radius 3 is 2.57 bits per heavy atom. The lowest BCUT2D eigenvalue weighted by Crippen LogP contribution is -2.09. The van der Waals surface area contributed by atoms with Crippen molar-refractivity contribution in [2.24, 2.45) is 0 Å². The van der Waals surface area contributed by atoms with Crippen LogP contribution in [0.4, 0.5) is 11.4 Å². The van der Waals surface area contributed by atoms with Crippen molar-refractivity contribution in [3.05, 3.63) is 59.7 Å². The van der Waals surface area contributed by atoms with E-state index in [0.717, 1.165) is 16.9 Å². The van der Waals surface area contributed by atoms with E-state index in [4.69, 9.17) is 5.26 Å². The van der Waals surface area contributed by atoms with Crippen LogP contribution in [0.2, 0.25) is 0 Å². The number of hydrogen-bond donors (Lipinski definition) is 2. The van der Waals surface area contributed by atoms with Gasteiger partial charge in [0.05, 0.1) is 11.6 Å². The van der Waals surface area contributed by atoms with Crippen LogP contribution in [0.15, 0.2) is 48.5 Å². The molecule has 4 heteroatoms. The van der Waals surface area contributed by atoms with Gasteiger partial charge in [-0.15, -0.1) is 0 Å². The van der Waals surface area contributed by atoms with Crippen LogP contribution in [0.3, 0.4) is 0 Å². The minimum absolute atomic E-state index is 0.0626. The van der Waals surface area contributed by atoms with Gasteiger partial charge >= 0.3 is 0 Å². The van der Waals surface area contributed by atoms with E-state index in [1.807, 2.05) is 49.4 Å². The fourth-order valence-electron chi connectivity index (χ4n) is 2.10. The molecule has 0 bridgehead atoms. The van der Waals surface area contributed by atoms with Crippen molar-refractivity contribution in [2.45, 2.75) is 19.9 Å². The summed E-state index contributed by atoms with van der Waals surface area (Å²) in [6, 6.07) is 17.2. The zero-order valence-corrected chi connectivity index (χ0v) is 12.1. The zero-order chi connectivity index (χ0) is 15.2. The van der Waals surface area contributed by atoms with Gasteiger partial charge in [0, 0.05) is 24.3 Å². The maximum absolute atomic E-state index is 11.1. The van der Waals surface area contributed by atoms with Crippen LogP contribution in [-0.4, -0.2) is 5.91 Å². The fourth-order valence-corrected chi connectivity index (χ4v) is 2.10. The number of nitriles is 1. The molecule has 0 saturated heterocycles. The number of carbonyl (C=O) groups excluding carboxylic acids is 1. The Hall–Kier alpha value is -2.80. The van der Waals surface area contributed by atoms with Crippen LogP contribution >= 0.6 is 0 Å². The Morgan fingerprint density at radius 1 is 1.14 bits per heavy atom. The second kappa shape index (κ2) is 6.58.